The van der Waals surface area contributed by atoms with Crippen molar-refractivity contribution in [2.45, 2.75) is 45.3 Å². The zero-order valence-corrected chi connectivity index (χ0v) is 21.4. The molecule has 0 radical (unpaired) electrons. The molecule has 2 aromatic carbocycles. The van der Waals surface area contributed by atoms with Gasteiger partial charge in [-0.2, -0.15) is 0 Å². The smallest absolute Gasteiger partial charge is 0.116 e. The molecule has 0 aliphatic rings. The third kappa shape index (κ3) is 8.06. The van der Waals surface area contributed by atoms with Crippen LogP contribution >= 0.6 is 23.2 Å². The molecular formula is C27H37Cl2NO2. The summed E-state index contributed by atoms with van der Waals surface area (Å²) in [6.45, 7) is 10.1. The van der Waals surface area contributed by atoms with Gasteiger partial charge in [-0.05, 0) is 44.6 Å². The van der Waals surface area contributed by atoms with Crippen molar-refractivity contribution in [2.24, 2.45) is 5.92 Å². The average molecular weight is 479 g/mol. The van der Waals surface area contributed by atoms with Crippen LogP contribution in [0, 0.1) is 5.92 Å². The molecule has 32 heavy (non-hydrogen) atoms. The molecular weight excluding hydrogens is 441 g/mol. The normalized spacial score (nSPS) is 15.4. The number of benzene rings is 2. The number of aliphatic hydroxyl groups is 2. The van der Waals surface area contributed by atoms with Crippen molar-refractivity contribution >= 4 is 29.3 Å². The molecule has 0 fully saturated rings. The molecule has 0 aromatic heterocycles. The monoisotopic (exact) mass is 477 g/mol. The molecule has 3 nitrogen and oxygen atoms in total. The molecule has 0 heterocycles. The Kier molecular flexibility index (Phi) is 12.3. The number of hydrogen-bond donors (Lipinski definition) is 2. The van der Waals surface area contributed by atoms with E-state index in [0.29, 0.717) is 22.2 Å². The van der Waals surface area contributed by atoms with Gasteiger partial charge in [0.25, 0.3) is 0 Å². The topological polar surface area (TPSA) is 43.7 Å². The molecule has 0 amide bonds. The summed E-state index contributed by atoms with van der Waals surface area (Å²) in [5.41, 5.74) is 1.29. The van der Waals surface area contributed by atoms with Crippen LogP contribution in [-0.2, 0) is 5.60 Å². The fraction of sp³-hybridized carbons (Fsp3) is 0.407. The van der Waals surface area contributed by atoms with Gasteiger partial charge >= 0.3 is 0 Å². The Labute approximate surface area is 204 Å². The highest BCUT2D eigenvalue weighted by molar-refractivity contribution is 6.42. The molecule has 3 unspecified atom stereocenters. The molecule has 2 N–H and O–H groups in total. The third-order valence-corrected chi connectivity index (χ3v) is 6.17. The highest BCUT2D eigenvalue weighted by Gasteiger charge is 2.39. The van der Waals surface area contributed by atoms with Gasteiger partial charge in [-0.1, -0.05) is 98.1 Å². The molecule has 3 atom stereocenters. The molecule has 0 aliphatic carbocycles. The largest absolute Gasteiger partial charge is 0.389 e. The van der Waals surface area contributed by atoms with Gasteiger partial charge in [0.2, 0.25) is 0 Å². The van der Waals surface area contributed by atoms with Crippen LogP contribution in [0.1, 0.15) is 44.7 Å². The van der Waals surface area contributed by atoms with E-state index >= 15 is 0 Å². The first-order chi connectivity index (χ1) is 15.1. The van der Waals surface area contributed by atoms with Crippen molar-refractivity contribution < 1.29 is 10.2 Å². The number of halogens is 2. The van der Waals surface area contributed by atoms with E-state index in [1.165, 1.54) is 0 Å². The molecule has 0 spiro atoms. The molecule has 2 rings (SSSR count). The van der Waals surface area contributed by atoms with Crippen LogP contribution in [0.3, 0.4) is 0 Å². The summed E-state index contributed by atoms with van der Waals surface area (Å²) in [6, 6.07) is 15.4. The first-order valence-electron chi connectivity index (χ1n) is 10.9. The maximum Gasteiger partial charge on any atom is 0.116 e. The van der Waals surface area contributed by atoms with Gasteiger partial charge in [-0.3, -0.25) is 0 Å². The number of rotatable bonds is 9. The van der Waals surface area contributed by atoms with Crippen LogP contribution in [0.5, 0.6) is 0 Å². The molecule has 0 saturated carbocycles. The van der Waals surface area contributed by atoms with E-state index in [2.05, 4.69) is 11.5 Å². The Bertz CT molecular complexity index is 867. The highest BCUT2D eigenvalue weighted by atomic mass is 35.5. The predicted molar refractivity (Wildman–Crippen MR) is 139 cm³/mol. The van der Waals surface area contributed by atoms with Gasteiger partial charge in [0.1, 0.15) is 5.60 Å². The summed E-state index contributed by atoms with van der Waals surface area (Å²) in [4.78, 5) is 2.06. The highest BCUT2D eigenvalue weighted by Crippen LogP contribution is 2.43. The molecule has 176 valence electrons. The Morgan fingerprint density at radius 1 is 1.12 bits per heavy atom. The SMILES string of the molecule is C=CC(O)CCC.CC(=Cc1ccccc1)C(O)(c1cccc(Cl)c1Cl)C(C)CN(C)C. The van der Waals surface area contributed by atoms with Crippen LogP contribution in [0.25, 0.3) is 6.08 Å². The minimum absolute atomic E-state index is 0.0848. The first-order valence-corrected chi connectivity index (χ1v) is 11.7. The first kappa shape index (κ1) is 28.4. The number of aliphatic hydroxyl groups excluding tert-OH is 1. The molecule has 2 aromatic rings. The minimum Gasteiger partial charge on any atom is -0.389 e. The summed E-state index contributed by atoms with van der Waals surface area (Å²) < 4.78 is 0. The van der Waals surface area contributed by atoms with Crippen molar-refractivity contribution in [3.63, 3.8) is 0 Å². The summed E-state index contributed by atoms with van der Waals surface area (Å²) >= 11 is 12.7. The van der Waals surface area contributed by atoms with Crippen molar-refractivity contribution in [3.8, 4) is 0 Å². The van der Waals surface area contributed by atoms with E-state index < -0.39 is 5.60 Å². The van der Waals surface area contributed by atoms with Gasteiger partial charge in [0.05, 0.1) is 16.1 Å². The lowest BCUT2D eigenvalue weighted by molar-refractivity contribution is 0.0106. The van der Waals surface area contributed by atoms with Crippen LogP contribution < -0.4 is 0 Å². The van der Waals surface area contributed by atoms with Gasteiger partial charge in [0, 0.05) is 18.0 Å². The maximum atomic E-state index is 11.8. The van der Waals surface area contributed by atoms with Gasteiger partial charge in [-0.25, -0.2) is 0 Å². The summed E-state index contributed by atoms with van der Waals surface area (Å²) in [7, 11) is 3.99. The van der Waals surface area contributed by atoms with E-state index in [-0.39, 0.29) is 12.0 Å². The fourth-order valence-corrected chi connectivity index (χ4v) is 4.11. The summed E-state index contributed by atoms with van der Waals surface area (Å²) in [5, 5.41) is 21.4. The third-order valence-electron chi connectivity index (χ3n) is 5.35. The lowest BCUT2D eigenvalue weighted by Gasteiger charge is -2.38. The van der Waals surface area contributed by atoms with Crippen molar-refractivity contribution in [1.82, 2.24) is 4.90 Å². The fourth-order valence-electron chi connectivity index (χ4n) is 3.67. The van der Waals surface area contributed by atoms with Crippen LogP contribution in [0.2, 0.25) is 10.0 Å². The second-order valence-corrected chi connectivity index (χ2v) is 9.15. The molecule has 5 heteroatoms. The van der Waals surface area contributed by atoms with Gasteiger partial charge in [-0.15, -0.1) is 6.58 Å². The van der Waals surface area contributed by atoms with Crippen LogP contribution in [-0.4, -0.2) is 41.9 Å². The quantitative estimate of drug-likeness (QED) is 0.389. The Morgan fingerprint density at radius 2 is 1.75 bits per heavy atom. The van der Waals surface area contributed by atoms with Gasteiger partial charge in [0.15, 0.2) is 0 Å². The van der Waals surface area contributed by atoms with Crippen LogP contribution in [0.4, 0.5) is 0 Å². The lowest BCUT2D eigenvalue weighted by atomic mass is 9.76. The Hall–Kier alpha value is -1.62. The Balaban J connectivity index is 0.000000633. The lowest BCUT2D eigenvalue weighted by Crippen LogP contribution is -2.40. The Morgan fingerprint density at radius 3 is 2.25 bits per heavy atom. The molecule has 0 bridgehead atoms. The molecule has 0 saturated heterocycles. The predicted octanol–water partition coefficient (Wildman–Crippen LogP) is 6.82. The number of nitrogens with zero attached hydrogens (tertiary/aromatic N) is 1. The summed E-state index contributed by atoms with van der Waals surface area (Å²) in [5.74, 6) is -0.0848. The minimum atomic E-state index is -1.22. The molecule has 0 aliphatic heterocycles. The van der Waals surface area contributed by atoms with E-state index in [9.17, 15) is 5.11 Å². The second kappa shape index (κ2) is 13.8. The maximum absolute atomic E-state index is 11.8. The van der Waals surface area contributed by atoms with E-state index in [1.54, 1.807) is 12.1 Å². The second-order valence-electron chi connectivity index (χ2n) is 8.36. The average Bonchev–Trinajstić information content (AvgIpc) is 2.75. The van der Waals surface area contributed by atoms with Crippen molar-refractivity contribution in [2.75, 3.05) is 20.6 Å². The van der Waals surface area contributed by atoms with E-state index in [4.69, 9.17) is 28.3 Å². The van der Waals surface area contributed by atoms with E-state index in [0.717, 1.165) is 24.0 Å². The standard InChI is InChI=1S/C21H25Cl2NO.C6H12O/c1-15(13-17-9-6-5-7-10-17)21(25,16(2)14-24(3)4)18-11-8-12-19(22)20(18)23;1-3-5-6(7)4-2/h5-13,16,25H,14H2,1-4H3;4,6-7H,2-3,5H2,1H3. The summed E-state index contributed by atoms with van der Waals surface area (Å²) in [6.07, 6.45) is 5.13. The zero-order valence-electron chi connectivity index (χ0n) is 19.9. The van der Waals surface area contributed by atoms with Crippen molar-refractivity contribution in [1.29, 1.82) is 0 Å². The van der Waals surface area contributed by atoms with Crippen molar-refractivity contribution in [3.05, 3.63) is 87.9 Å². The van der Waals surface area contributed by atoms with E-state index in [1.807, 2.05) is 83.4 Å². The van der Waals surface area contributed by atoms with Crippen LogP contribution in [0.15, 0.2) is 66.8 Å². The zero-order chi connectivity index (χ0) is 24.3. The number of hydrogen-bond acceptors (Lipinski definition) is 3. The van der Waals surface area contributed by atoms with Gasteiger partial charge < -0.3 is 15.1 Å².